The van der Waals surface area contributed by atoms with E-state index in [1.165, 1.54) is 0 Å². The third-order valence-electron chi connectivity index (χ3n) is 4.46. The van der Waals surface area contributed by atoms with Crippen LogP contribution in [0.25, 0.3) is 0 Å². The molecule has 27 heavy (non-hydrogen) atoms. The van der Waals surface area contributed by atoms with E-state index < -0.39 is 5.97 Å². The summed E-state index contributed by atoms with van der Waals surface area (Å²) in [6.45, 7) is 3.15. The predicted molar refractivity (Wildman–Crippen MR) is 103 cm³/mol. The smallest absolute Gasteiger partial charge is 0.305 e. The zero-order chi connectivity index (χ0) is 19.2. The molecular formula is C21H23N3O3. The molecule has 0 saturated heterocycles. The third-order valence-corrected chi connectivity index (χ3v) is 4.46. The van der Waals surface area contributed by atoms with Crippen molar-refractivity contribution in [3.8, 4) is 0 Å². The summed E-state index contributed by atoms with van der Waals surface area (Å²) >= 11 is 0. The Bertz CT molecular complexity index is 832. The van der Waals surface area contributed by atoms with Gasteiger partial charge in [-0.25, -0.2) is 0 Å². The molecule has 0 fully saturated rings. The van der Waals surface area contributed by atoms with E-state index in [0.29, 0.717) is 13.1 Å². The number of rotatable bonds is 6. The van der Waals surface area contributed by atoms with Crippen LogP contribution in [0.3, 0.4) is 0 Å². The van der Waals surface area contributed by atoms with E-state index in [0.717, 1.165) is 22.4 Å². The molecule has 1 aliphatic rings. The first-order chi connectivity index (χ1) is 13.0. The monoisotopic (exact) mass is 365 g/mol. The van der Waals surface area contributed by atoms with E-state index in [1.807, 2.05) is 61.5 Å². The van der Waals surface area contributed by atoms with Crippen molar-refractivity contribution in [1.29, 1.82) is 0 Å². The van der Waals surface area contributed by atoms with Gasteiger partial charge in [0.15, 0.2) is 0 Å². The molecule has 3 rings (SSSR count). The molecule has 0 aliphatic carbocycles. The average molecular weight is 365 g/mol. The molecule has 1 amide bonds. The lowest BCUT2D eigenvalue weighted by atomic mass is 10.1. The number of hydrogen-bond donors (Lipinski definition) is 1. The largest absolute Gasteiger partial charge is 0.481 e. The van der Waals surface area contributed by atoms with Crippen LogP contribution in [0.1, 0.15) is 23.1 Å². The zero-order valence-corrected chi connectivity index (χ0v) is 15.3. The van der Waals surface area contributed by atoms with Crippen LogP contribution in [0.2, 0.25) is 0 Å². The van der Waals surface area contributed by atoms with Gasteiger partial charge in [0, 0.05) is 6.54 Å². The second-order valence-corrected chi connectivity index (χ2v) is 6.68. The fraction of sp³-hybridized carbons (Fsp3) is 0.286. The van der Waals surface area contributed by atoms with E-state index in [-0.39, 0.29) is 25.4 Å². The maximum Gasteiger partial charge on any atom is 0.305 e. The number of carboxylic acid groups (broad SMARTS) is 1. The summed E-state index contributed by atoms with van der Waals surface area (Å²) < 4.78 is 0. The molecule has 0 bridgehead atoms. The van der Waals surface area contributed by atoms with Crippen LogP contribution in [0.4, 0.5) is 0 Å². The predicted octanol–water partition coefficient (Wildman–Crippen LogP) is 2.52. The Balaban J connectivity index is 1.87. The van der Waals surface area contributed by atoms with E-state index in [4.69, 9.17) is 10.2 Å². The van der Waals surface area contributed by atoms with Gasteiger partial charge in [0.1, 0.15) is 6.54 Å². The van der Waals surface area contributed by atoms with Crippen LogP contribution in [0, 0.1) is 6.92 Å². The third kappa shape index (κ3) is 5.17. The Morgan fingerprint density at radius 2 is 1.78 bits per heavy atom. The highest BCUT2D eigenvalue weighted by molar-refractivity contribution is 6.04. The Morgan fingerprint density at radius 1 is 1.07 bits per heavy atom. The van der Waals surface area contributed by atoms with Crippen molar-refractivity contribution in [3.63, 3.8) is 0 Å². The Labute approximate surface area is 158 Å². The fourth-order valence-electron chi connectivity index (χ4n) is 2.98. The summed E-state index contributed by atoms with van der Waals surface area (Å²) in [6, 6.07) is 17.8. The normalized spacial score (nSPS) is 14.7. The summed E-state index contributed by atoms with van der Waals surface area (Å²) in [5.74, 6) is -1.03. The van der Waals surface area contributed by atoms with Crippen LogP contribution in [0.15, 0.2) is 59.7 Å². The minimum atomic E-state index is -0.915. The van der Waals surface area contributed by atoms with Gasteiger partial charge in [-0.3, -0.25) is 14.6 Å². The van der Waals surface area contributed by atoms with Gasteiger partial charge in [-0.15, -0.1) is 0 Å². The highest BCUT2D eigenvalue weighted by atomic mass is 16.4. The van der Waals surface area contributed by atoms with Crippen LogP contribution in [0.5, 0.6) is 0 Å². The number of benzene rings is 2. The number of nitrogens with zero attached hydrogens (tertiary/aromatic N) is 3. The first-order valence-electron chi connectivity index (χ1n) is 8.94. The Hall–Kier alpha value is -3.15. The number of aliphatic carboxylic acids is 1. The Kier molecular flexibility index (Phi) is 5.86. The van der Waals surface area contributed by atoms with Crippen LogP contribution in [-0.2, 0) is 16.1 Å². The van der Waals surface area contributed by atoms with Crippen LogP contribution >= 0.6 is 0 Å². The van der Waals surface area contributed by atoms with E-state index in [9.17, 15) is 9.59 Å². The SMILES string of the molecule is Cc1ccc(C2=NN(Cc3ccccc3)CC(=O)N(CCC(=O)O)C2)cc1. The van der Waals surface area contributed by atoms with Crippen LogP contribution < -0.4 is 0 Å². The fourth-order valence-corrected chi connectivity index (χ4v) is 2.98. The molecule has 140 valence electrons. The molecule has 0 saturated carbocycles. The molecule has 6 nitrogen and oxygen atoms in total. The highest BCUT2D eigenvalue weighted by Crippen LogP contribution is 2.14. The van der Waals surface area contributed by atoms with Gasteiger partial charge in [-0.2, -0.15) is 5.10 Å². The molecular weight excluding hydrogens is 342 g/mol. The van der Waals surface area contributed by atoms with E-state index >= 15 is 0 Å². The molecule has 0 spiro atoms. The van der Waals surface area contributed by atoms with Gasteiger partial charge in [0.2, 0.25) is 5.91 Å². The topological polar surface area (TPSA) is 73.2 Å². The van der Waals surface area contributed by atoms with Gasteiger partial charge in [-0.1, -0.05) is 60.2 Å². The zero-order valence-electron chi connectivity index (χ0n) is 15.3. The number of carbonyl (C=O) groups excluding carboxylic acids is 1. The van der Waals surface area contributed by atoms with Crippen molar-refractivity contribution < 1.29 is 14.7 Å². The quantitative estimate of drug-likeness (QED) is 0.854. The first-order valence-corrected chi connectivity index (χ1v) is 8.94. The average Bonchev–Trinajstić information content (AvgIpc) is 2.80. The number of hydrogen-bond acceptors (Lipinski definition) is 4. The number of hydrazone groups is 1. The molecule has 1 heterocycles. The minimum Gasteiger partial charge on any atom is -0.481 e. The lowest BCUT2D eigenvalue weighted by Gasteiger charge is -2.21. The van der Waals surface area contributed by atoms with Gasteiger partial charge in [0.05, 0.1) is 25.2 Å². The van der Waals surface area contributed by atoms with Crippen molar-refractivity contribution in [2.45, 2.75) is 19.9 Å². The summed E-state index contributed by atoms with van der Waals surface area (Å²) in [5.41, 5.74) is 3.92. The molecule has 0 aromatic heterocycles. The van der Waals surface area contributed by atoms with Crippen LogP contribution in [-0.4, -0.2) is 52.2 Å². The number of aryl methyl sites for hydroxylation is 1. The van der Waals surface area contributed by atoms with Crippen molar-refractivity contribution >= 4 is 17.6 Å². The van der Waals surface area contributed by atoms with Gasteiger partial charge < -0.3 is 10.0 Å². The molecule has 2 aromatic carbocycles. The second kappa shape index (κ2) is 8.49. The highest BCUT2D eigenvalue weighted by Gasteiger charge is 2.24. The molecule has 6 heteroatoms. The standard InChI is InChI=1S/C21H23N3O3/c1-16-7-9-18(10-8-16)19-14-23(12-11-21(26)27)20(25)15-24(22-19)13-17-5-3-2-4-6-17/h2-10H,11-15H2,1H3,(H,26,27). The molecule has 0 radical (unpaired) electrons. The Morgan fingerprint density at radius 3 is 2.44 bits per heavy atom. The summed E-state index contributed by atoms with van der Waals surface area (Å²) in [6.07, 6.45) is -0.0778. The van der Waals surface area contributed by atoms with E-state index in [1.54, 1.807) is 9.91 Å². The minimum absolute atomic E-state index is 0.0778. The molecule has 0 atom stereocenters. The van der Waals surface area contributed by atoms with E-state index in [2.05, 4.69) is 0 Å². The summed E-state index contributed by atoms with van der Waals surface area (Å²) in [7, 11) is 0. The van der Waals surface area contributed by atoms with Gasteiger partial charge in [0.25, 0.3) is 0 Å². The van der Waals surface area contributed by atoms with Crippen molar-refractivity contribution in [2.24, 2.45) is 5.10 Å². The van der Waals surface area contributed by atoms with Gasteiger partial charge in [-0.05, 0) is 18.1 Å². The molecule has 0 unspecified atom stereocenters. The van der Waals surface area contributed by atoms with Crippen molar-refractivity contribution in [3.05, 3.63) is 71.3 Å². The lowest BCUT2D eigenvalue weighted by molar-refractivity contribution is -0.138. The number of amides is 1. The summed E-state index contributed by atoms with van der Waals surface area (Å²) in [5, 5.41) is 15.5. The second-order valence-electron chi connectivity index (χ2n) is 6.68. The molecule has 1 N–H and O–H groups in total. The maximum atomic E-state index is 12.7. The number of carboxylic acids is 1. The molecule has 1 aliphatic heterocycles. The maximum absolute atomic E-state index is 12.7. The first kappa shape index (κ1) is 18.6. The lowest BCUT2D eigenvalue weighted by Crippen LogP contribution is -2.39. The summed E-state index contributed by atoms with van der Waals surface area (Å²) in [4.78, 5) is 25.2. The van der Waals surface area contributed by atoms with Gasteiger partial charge >= 0.3 is 5.97 Å². The van der Waals surface area contributed by atoms with Crippen molar-refractivity contribution in [1.82, 2.24) is 9.91 Å². The van der Waals surface area contributed by atoms with Crippen molar-refractivity contribution in [2.75, 3.05) is 19.6 Å². The molecule has 2 aromatic rings. The number of carbonyl (C=O) groups is 2.